The predicted octanol–water partition coefficient (Wildman–Crippen LogP) is 2.01. The van der Waals surface area contributed by atoms with Crippen LogP contribution >= 0.6 is 0 Å². The van der Waals surface area contributed by atoms with Gasteiger partial charge in [0.25, 0.3) is 0 Å². The number of pyridine rings is 1. The van der Waals surface area contributed by atoms with Gasteiger partial charge in [-0.1, -0.05) is 39.5 Å². The Morgan fingerprint density at radius 2 is 2.05 bits per heavy atom. The van der Waals surface area contributed by atoms with Crippen LogP contribution < -0.4 is 11.1 Å². The number of hydrogen-bond acceptors (Lipinski definition) is 3. The first-order valence-electron chi connectivity index (χ1n) is 6.76. The maximum absolute atomic E-state index is 12.3. The molecule has 0 radical (unpaired) electrons. The van der Waals surface area contributed by atoms with E-state index in [9.17, 15) is 4.79 Å². The average molecular weight is 271 g/mol. The van der Waals surface area contributed by atoms with Crippen LogP contribution in [0.25, 0.3) is 0 Å². The van der Waals surface area contributed by atoms with Crippen LogP contribution in [0.2, 0.25) is 0 Å². The summed E-state index contributed by atoms with van der Waals surface area (Å²) >= 11 is 0. The second-order valence-electron chi connectivity index (χ2n) is 6.30. The van der Waals surface area contributed by atoms with Crippen LogP contribution in [-0.2, 0) is 4.79 Å². The van der Waals surface area contributed by atoms with Gasteiger partial charge in [0.15, 0.2) is 0 Å². The van der Waals surface area contributed by atoms with Crippen LogP contribution in [0.3, 0.4) is 0 Å². The molecule has 0 atom stereocenters. The molecule has 106 valence electrons. The lowest BCUT2D eigenvalue weighted by Crippen LogP contribution is -2.18. The molecule has 4 heteroatoms. The molecular weight excluding hydrogens is 250 g/mol. The normalized spacial score (nSPS) is 18.9. The van der Waals surface area contributed by atoms with Gasteiger partial charge in [-0.2, -0.15) is 0 Å². The highest BCUT2D eigenvalue weighted by atomic mass is 16.2. The molecule has 1 aliphatic carbocycles. The molecule has 0 unspecified atom stereocenters. The number of hydrogen-bond donors (Lipinski definition) is 2. The number of aromatic nitrogens is 1. The van der Waals surface area contributed by atoms with Crippen LogP contribution in [0.1, 0.15) is 33.3 Å². The topological polar surface area (TPSA) is 68.0 Å². The van der Waals surface area contributed by atoms with Gasteiger partial charge in [-0.25, -0.2) is 4.98 Å². The van der Waals surface area contributed by atoms with Crippen molar-refractivity contribution in [3.05, 3.63) is 23.9 Å². The fourth-order valence-electron chi connectivity index (χ4n) is 2.78. The second-order valence-corrected chi connectivity index (χ2v) is 6.30. The van der Waals surface area contributed by atoms with E-state index in [4.69, 9.17) is 5.73 Å². The van der Waals surface area contributed by atoms with E-state index in [2.05, 4.69) is 49.8 Å². The molecule has 0 bridgehead atoms. The van der Waals surface area contributed by atoms with Gasteiger partial charge < -0.3 is 11.1 Å². The molecule has 0 aromatic carbocycles. The summed E-state index contributed by atoms with van der Waals surface area (Å²) in [5.41, 5.74) is 6.19. The van der Waals surface area contributed by atoms with Gasteiger partial charge in [0, 0.05) is 17.7 Å². The maximum Gasteiger partial charge on any atom is 0.229 e. The Labute approximate surface area is 120 Å². The van der Waals surface area contributed by atoms with E-state index >= 15 is 0 Å². The van der Waals surface area contributed by atoms with Gasteiger partial charge >= 0.3 is 0 Å². The van der Waals surface area contributed by atoms with Crippen molar-refractivity contribution in [2.24, 2.45) is 22.5 Å². The van der Waals surface area contributed by atoms with Crippen LogP contribution in [0.5, 0.6) is 0 Å². The van der Waals surface area contributed by atoms with E-state index in [0.717, 1.165) is 5.56 Å². The number of nitrogens with one attached hydrogen (secondary N) is 1. The van der Waals surface area contributed by atoms with Gasteiger partial charge in [0.1, 0.15) is 5.82 Å². The van der Waals surface area contributed by atoms with Crippen molar-refractivity contribution < 1.29 is 4.79 Å². The molecule has 3 N–H and O–H groups in total. The number of anilines is 1. The quantitative estimate of drug-likeness (QED) is 0.809. The third kappa shape index (κ3) is 2.41. The van der Waals surface area contributed by atoms with Gasteiger partial charge in [0.2, 0.25) is 5.91 Å². The van der Waals surface area contributed by atoms with Gasteiger partial charge in [-0.3, -0.25) is 4.79 Å². The third-order valence-corrected chi connectivity index (χ3v) is 4.63. The molecule has 1 aromatic heterocycles. The first-order chi connectivity index (χ1) is 9.30. The fourth-order valence-corrected chi connectivity index (χ4v) is 2.78. The number of rotatable bonds is 2. The number of nitrogens with two attached hydrogens (primary N) is 1. The minimum Gasteiger partial charge on any atom is -0.320 e. The largest absolute Gasteiger partial charge is 0.320 e. The molecule has 1 amide bonds. The van der Waals surface area contributed by atoms with Crippen LogP contribution in [0.4, 0.5) is 5.82 Å². The van der Waals surface area contributed by atoms with Crippen molar-refractivity contribution in [1.82, 2.24) is 4.98 Å². The Balaban J connectivity index is 2.10. The van der Waals surface area contributed by atoms with Gasteiger partial charge in [-0.15, -0.1) is 0 Å². The minimum atomic E-state index is 0.00980. The highest BCUT2D eigenvalue weighted by Gasteiger charge is 2.68. The summed E-state index contributed by atoms with van der Waals surface area (Å²) in [5.74, 6) is 6.29. The lowest BCUT2D eigenvalue weighted by Gasteiger charge is -2.05. The average Bonchev–Trinajstić information content (AvgIpc) is 2.77. The summed E-state index contributed by atoms with van der Waals surface area (Å²) in [6.07, 6.45) is 1.64. The van der Waals surface area contributed by atoms with Crippen molar-refractivity contribution in [3.63, 3.8) is 0 Å². The van der Waals surface area contributed by atoms with E-state index in [1.807, 2.05) is 0 Å². The van der Waals surface area contributed by atoms with Crippen molar-refractivity contribution >= 4 is 11.7 Å². The highest BCUT2D eigenvalue weighted by Crippen LogP contribution is 2.68. The van der Waals surface area contributed by atoms with E-state index in [1.165, 1.54) is 0 Å². The standard InChI is InChI=1S/C16H21N3O/c1-15(2)13(16(15,3)4)14(20)19-12-10-11(6-5-8-17)7-9-18-12/h7,9-10,13H,8,17H2,1-4H3,(H,18,19,20). The fraction of sp³-hybridized carbons (Fsp3) is 0.500. The first kappa shape index (κ1) is 14.5. The summed E-state index contributed by atoms with van der Waals surface area (Å²) in [4.78, 5) is 16.5. The lowest BCUT2D eigenvalue weighted by molar-refractivity contribution is -0.118. The second kappa shape index (κ2) is 4.92. The Bertz CT molecular complexity index is 579. The summed E-state index contributed by atoms with van der Waals surface area (Å²) in [6.45, 7) is 8.79. The molecule has 1 fully saturated rings. The zero-order valence-electron chi connectivity index (χ0n) is 12.4. The van der Waals surface area contributed by atoms with E-state index in [-0.39, 0.29) is 22.7 Å². The number of carbonyl (C=O) groups excluding carboxylic acids is 1. The molecule has 0 spiro atoms. The van der Waals surface area contributed by atoms with E-state index < -0.39 is 0 Å². The molecule has 1 aliphatic rings. The molecule has 0 saturated heterocycles. The smallest absolute Gasteiger partial charge is 0.229 e. The Morgan fingerprint density at radius 3 is 2.60 bits per heavy atom. The Kier molecular flexibility index (Phi) is 3.58. The Hall–Kier alpha value is -1.86. The first-order valence-corrected chi connectivity index (χ1v) is 6.76. The highest BCUT2D eigenvalue weighted by molar-refractivity contribution is 5.95. The molecule has 1 saturated carbocycles. The van der Waals surface area contributed by atoms with Crippen molar-refractivity contribution in [2.75, 3.05) is 11.9 Å². The van der Waals surface area contributed by atoms with Crippen LogP contribution in [0.15, 0.2) is 18.3 Å². The van der Waals surface area contributed by atoms with E-state index in [1.54, 1.807) is 18.3 Å². The van der Waals surface area contributed by atoms with Crippen molar-refractivity contribution in [2.45, 2.75) is 27.7 Å². The molecule has 1 heterocycles. The minimum absolute atomic E-state index is 0.00980. The molecule has 2 rings (SSSR count). The summed E-state index contributed by atoms with van der Waals surface area (Å²) < 4.78 is 0. The zero-order valence-corrected chi connectivity index (χ0v) is 12.4. The van der Waals surface area contributed by atoms with Crippen LogP contribution in [-0.4, -0.2) is 17.4 Å². The molecule has 1 aromatic rings. The zero-order chi connectivity index (χ0) is 15.0. The number of amides is 1. The Morgan fingerprint density at radius 1 is 1.40 bits per heavy atom. The van der Waals surface area contributed by atoms with Crippen molar-refractivity contribution in [1.29, 1.82) is 0 Å². The van der Waals surface area contributed by atoms with Crippen molar-refractivity contribution in [3.8, 4) is 11.8 Å². The van der Waals surface area contributed by atoms with Gasteiger partial charge in [-0.05, 0) is 23.0 Å². The number of nitrogens with zero attached hydrogens (tertiary/aromatic N) is 1. The SMILES string of the molecule is CC1(C)C(C(=O)Nc2cc(C#CCN)ccn2)C1(C)C. The number of carbonyl (C=O) groups is 1. The summed E-state index contributed by atoms with van der Waals surface area (Å²) in [6, 6.07) is 3.56. The van der Waals surface area contributed by atoms with Gasteiger partial charge in [0.05, 0.1) is 6.54 Å². The summed E-state index contributed by atoms with van der Waals surface area (Å²) in [5, 5.41) is 2.88. The summed E-state index contributed by atoms with van der Waals surface area (Å²) in [7, 11) is 0. The maximum atomic E-state index is 12.3. The van der Waals surface area contributed by atoms with Crippen LogP contribution in [0, 0.1) is 28.6 Å². The molecule has 4 nitrogen and oxygen atoms in total. The van der Waals surface area contributed by atoms with E-state index in [0.29, 0.717) is 12.4 Å². The lowest BCUT2D eigenvalue weighted by atomic mass is 10.0. The molecule has 0 aliphatic heterocycles. The third-order valence-electron chi connectivity index (χ3n) is 4.63. The monoisotopic (exact) mass is 271 g/mol. The molecule has 20 heavy (non-hydrogen) atoms. The predicted molar refractivity (Wildman–Crippen MR) is 79.9 cm³/mol. The molecular formula is C16H21N3O.